The van der Waals surface area contributed by atoms with E-state index in [9.17, 15) is 10.2 Å². The van der Waals surface area contributed by atoms with Crippen molar-refractivity contribution in [1.82, 2.24) is 9.80 Å². The van der Waals surface area contributed by atoms with Crippen molar-refractivity contribution in [3.05, 3.63) is 0 Å². The minimum atomic E-state index is -0.0737. The number of rotatable bonds is 20. The standard InChI is InChI=1S/C22H48N2O3/c1-5-9-15-23(16-10-6-2)21(13-19-25)27-22(14-20-26)24(17-11-7-3)18-12-8-4/h21-22,25-26H,5-20H2,1-4H3. The number of aliphatic hydroxyl groups is 2. The van der Waals surface area contributed by atoms with Crippen LogP contribution in [0.4, 0.5) is 0 Å². The van der Waals surface area contributed by atoms with E-state index in [1.54, 1.807) is 0 Å². The molecule has 0 aliphatic rings. The van der Waals surface area contributed by atoms with Crippen LogP contribution in [0.2, 0.25) is 0 Å². The molecule has 5 heteroatoms. The number of hydrogen-bond donors (Lipinski definition) is 2. The molecule has 0 aromatic rings. The fourth-order valence-corrected chi connectivity index (χ4v) is 3.32. The molecule has 0 aliphatic carbocycles. The zero-order chi connectivity index (χ0) is 20.3. The topological polar surface area (TPSA) is 56.2 Å². The number of ether oxygens (including phenoxy) is 1. The second-order valence-corrected chi connectivity index (χ2v) is 7.56. The molecule has 0 aromatic carbocycles. The quantitative estimate of drug-likeness (QED) is 0.306. The maximum Gasteiger partial charge on any atom is 0.114 e. The largest absolute Gasteiger partial charge is 0.396 e. The summed E-state index contributed by atoms with van der Waals surface area (Å²) in [6, 6.07) is 0. The lowest BCUT2D eigenvalue weighted by atomic mass is 10.2. The summed E-state index contributed by atoms with van der Waals surface area (Å²) in [5.41, 5.74) is 0. The Morgan fingerprint density at radius 1 is 0.593 bits per heavy atom. The van der Waals surface area contributed by atoms with Gasteiger partial charge in [-0.3, -0.25) is 9.80 Å². The molecule has 2 N–H and O–H groups in total. The predicted octanol–water partition coefficient (Wildman–Crippen LogP) is 4.22. The van der Waals surface area contributed by atoms with Gasteiger partial charge in [-0.15, -0.1) is 0 Å². The molecule has 0 radical (unpaired) electrons. The van der Waals surface area contributed by atoms with Gasteiger partial charge in [-0.2, -0.15) is 0 Å². The first-order valence-electron chi connectivity index (χ1n) is 11.5. The third-order valence-corrected chi connectivity index (χ3v) is 5.08. The summed E-state index contributed by atoms with van der Waals surface area (Å²) < 4.78 is 6.58. The van der Waals surface area contributed by atoms with Gasteiger partial charge in [0.25, 0.3) is 0 Å². The van der Waals surface area contributed by atoms with Crippen molar-refractivity contribution in [2.75, 3.05) is 39.4 Å². The number of hydrogen-bond acceptors (Lipinski definition) is 5. The Morgan fingerprint density at radius 3 is 1.11 bits per heavy atom. The fraction of sp³-hybridized carbons (Fsp3) is 1.00. The molecular formula is C22H48N2O3. The van der Waals surface area contributed by atoms with E-state index >= 15 is 0 Å². The van der Waals surface area contributed by atoms with Crippen molar-refractivity contribution >= 4 is 0 Å². The van der Waals surface area contributed by atoms with Crippen molar-refractivity contribution in [3.63, 3.8) is 0 Å². The number of nitrogens with zero attached hydrogens (tertiary/aromatic N) is 2. The van der Waals surface area contributed by atoms with E-state index in [-0.39, 0.29) is 25.7 Å². The van der Waals surface area contributed by atoms with E-state index in [1.807, 2.05) is 0 Å². The lowest BCUT2D eigenvalue weighted by Crippen LogP contribution is -2.47. The first-order chi connectivity index (χ1) is 13.2. The molecule has 5 nitrogen and oxygen atoms in total. The smallest absolute Gasteiger partial charge is 0.114 e. The van der Waals surface area contributed by atoms with Gasteiger partial charge in [0.1, 0.15) is 12.5 Å². The highest BCUT2D eigenvalue weighted by Gasteiger charge is 2.26. The summed E-state index contributed by atoms with van der Waals surface area (Å²) in [6.45, 7) is 13.2. The zero-order valence-corrected chi connectivity index (χ0v) is 18.7. The second-order valence-electron chi connectivity index (χ2n) is 7.56. The lowest BCUT2D eigenvalue weighted by molar-refractivity contribution is -0.166. The molecule has 164 valence electrons. The Labute approximate surface area is 169 Å². The van der Waals surface area contributed by atoms with Crippen molar-refractivity contribution in [2.45, 2.75) is 104 Å². The maximum absolute atomic E-state index is 9.63. The van der Waals surface area contributed by atoms with Crippen LogP contribution < -0.4 is 0 Å². The highest BCUT2D eigenvalue weighted by Crippen LogP contribution is 2.18. The van der Waals surface area contributed by atoms with Gasteiger partial charge in [0.2, 0.25) is 0 Å². The molecule has 0 spiro atoms. The molecule has 0 rings (SSSR count). The number of aliphatic hydroxyl groups excluding tert-OH is 2. The van der Waals surface area contributed by atoms with Crippen LogP contribution >= 0.6 is 0 Å². The monoisotopic (exact) mass is 388 g/mol. The van der Waals surface area contributed by atoms with Gasteiger partial charge in [0.05, 0.1) is 0 Å². The first-order valence-corrected chi connectivity index (χ1v) is 11.5. The maximum atomic E-state index is 9.63. The molecule has 0 aliphatic heterocycles. The van der Waals surface area contributed by atoms with Crippen molar-refractivity contribution in [3.8, 4) is 0 Å². The van der Waals surface area contributed by atoms with Gasteiger partial charge in [-0.1, -0.05) is 53.4 Å². The minimum absolute atomic E-state index is 0.0737. The highest BCUT2D eigenvalue weighted by molar-refractivity contribution is 4.70. The molecule has 0 saturated heterocycles. The summed E-state index contributed by atoms with van der Waals surface area (Å²) >= 11 is 0. The second kappa shape index (κ2) is 19.1. The van der Waals surface area contributed by atoms with Crippen LogP contribution in [0, 0.1) is 0 Å². The van der Waals surface area contributed by atoms with Gasteiger partial charge >= 0.3 is 0 Å². The third kappa shape index (κ3) is 12.8. The summed E-state index contributed by atoms with van der Waals surface area (Å²) in [5.74, 6) is 0. The van der Waals surface area contributed by atoms with E-state index in [2.05, 4.69) is 37.5 Å². The average molecular weight is 389 g/mol. The predicted molar refractivity (Wildman–Crippen MR) is 115 cm³/mol. The molecule has 2 unspecified atom stereocenters. The van der Waals surface area contributed by atoms with Crippen LogP contribution in [0.1, 0.15) is 91.9 Å². The van der Waals surface area contributed by atoms with Gasteiger partial charge in [-0.05, 0) is 25.7 Å². The van der Waals surface area contributed by atoms with E-state index in [0.717, 1.165) is 77.5 Å². The summed E-state index contributed by atoms with van der Waals surface area (Å²) in [5, 5.41) is 19.3. The molecule has 2 atom stereocenters. The first kappa shape index (κ1) is 26.8. The highest BCUT2D eigenvalue weighted by atomic mass is 16.5. The van der Waals surface area contributed by atoms with Gasteiger partial charge < -0.3 is 14.9 Å². The molecular weight excluding hydrogens is 340 g/mol. The van der Waals surface area contributed by atoms with E-state index in [1.165, 1.54) is 0 Å². The number of unbranched alkanes of at least 4 members (excludes halogenated alkanes) is 4. The Bertz CT molecular complexity index is 261. The molecule has 0 bridgehead atoms. The SMILES string of the molecule is CCCCN(CCCC)C(CCO)OC(CCO)N(CCCC)CCCC. The zero-order valence-electron chi connectivity index (χ0n) is 18.7. The van der Waals surface area contributed by atoms with E-state index in [0.29, 0.717) is 12.8 Å². The summed E-state index contributed by atoms with van der Waals surface area (Å²) in [4.78, 5) is 4.82. The van der Waals surface area contributed by atoms with E-state index in [4.69, 9.17) is 4.74 Å². The van der Waals surface area contributed by atoms with Crippen LogP contribution in [0.15, 0.2) is 0 Å². The Morgan fingerprint density at radius 2 is 0.889 bits per heavy atom. The molecule has 0 fully saturated rings. The Hall–Kier alpha value is -0.200. The molecule has 0 aromatic heterocycles. The lowest BCUT2D eigenvalue weighted by Gasteiger charge is -2.38. The van der Waals surface area contributed by atoms with Crippen molar-refractivity contribution in [1.29, 1.82) is 0 Å². The normalized spacial score (nSPS) is 14.2. The van der Waals surface area contributed by atoms with Crippen LogP contribution in [0.3, 0.4) is 0 Å². The van der Waals surface area contributed by atoms with Crippen LogP contribution in [-0.4, -0.2) is 71.9 Å². The molecule has 0 amide bonds. The Balaban J connectivity index is 5.19. The molecule has 0 heterocycles. The molecule has 27 heavy (non-hydrogen) atoms. The summed E-state index contributed by atoms with van der Waals surface area (Å²) in [6.07, 6.45) is 10.3. The van der Waals surface area contributed by atoms with E-state index < -0.39 is 0 Å². The third-order valence-electron chi connectivity index (χ3n) is 5.08. The molecule has 0 saturated carbocycles. The van der Waals surface area contributed by atoms with Crippen molar-refractivity contribution < 1.29 is 14.9 Å². The Kier molecular flexibility index (Phi) is 19.0. The summed E-state index contributed by atoms with van der Waals surface area (Å²) in [7, 11) is 0. The van der Waals surface area contributed by atoms with Crippen molar-refractivity contribution in [2.24, 2.45) is 0 Å². The van der Waals surface area contributed by atoms with Crippen LogP contribution in [0.25, 0.3) is 0 Å². The average Bonchev–Trinajstić information content (AvgIpc) is 2.67. The van der Waals surface area contributed by atoms with Gasteiger partial charge in [0, 0.05) is 52.2 Å². The van der Waals surface area contributed by atoms with Gasteiger partial charge in [0.15, 0.2) is 0 Å². The van der Waals surface area contributed by atoms with Crippen LogP contribution in [0.5, 0.6) is 0 Å². The minimum Gasteiger partial charge on any atom is -0.396 e. The fourth-order valence-electron chi connectivity index (χ4n) is 3.32. The van der Waals surface area contributed by atoms with Crippen LogP contribution in [-0.2, 0) is 4.74 Å². The van der Waals surface area contributed by atoms with Gasteiger partial charge in [-0.25, -0.2) is 0 Å².